The Labute approximate surface area is 177 Å². The molecule has 30 heavy (non-hydrogen) atoms. The normalized spacial score (nSPS) is 18.2. The number of carbonyl (C=O) groups excluding carboxylic acids is 2. The Kier molecular flexibility index (Phi) is 5.74. The molecular formula is C24H27N3O3. The first-order chi connectivity index (χ1) is 14.6. The molecule has 0 N–H and O–H groups in total. The highest BCUT2D eigenvalue weighted by Gasteiger charge is 2.31. The Morgan fingerprint density at radius 1 is 1.00 bits per heavy atom. The molecule has 2 aliphatic heterocycles. The number of anilines is 1. The molecule has 2 aliphatic rings. The van der Waals surface area contributed by atoms with Crippen LogP contribution < -0.4 is 9.64 Å². The molecule has 2 amide bonds. The van der Waals surface area contributed by atoms with Crippen LogP contribution in [0.5, 0.6) is 5.75 Å². The molecule has 6 heteroatoms. The van der Waals surface area contributed by atoms with Crippen molar-refractivity contribution in [2.24, 2.45) is 0 Å². The highest BCUT2D eigenvalue weighted by molar-refractivity contribution is 5.82. The molecule has 1 atom stereocenters. The second kappa shape index (κ2) is 8.61. The predicted molar refractivity (Wildman–Crippen MR) is 117 cm³/mol. The average Bonchev–Trinajstić information content (AvgIpc) is 2.79. The van der Waals surface area contributed by atoms with Crippen molar-refractivity contribution in [2.45, 2.75) is 19.4 Å². The lowest BCUT2D eigenvalue weighted by atomic mass is 9.93. The first kappa shape index (κ1) is 20.0. The molecule has 4 rings (SSSR count). The van der Waals surface area contributed by atoms with Crippen LogP contribution in [-0.4, -0.2) is 54.9 Å². The van der Waals surface area contributed by atoms with E-state index in [-0.39, 0.29) is 17.9 Å². The highest BCUT2D eigenvalue weighted by Crippen LogP contribution is 2.33. The Morgan fingerprint density at radius 3 is 2.37 bits per heavy atom. The van der Waals surface area contributed by atoms with Crippen LogP contribution in [0, 0.1) is 0 Å². The molecule has 1 fully saturated rings. The third kappa shape index (κ3) is 4.03. The Hall–Kier alpha value is -3.28. The van der Waals surface area contributed by atoms with Gasteiger partial charge in [0.25, 0.3) is 0 Å². The van der Waals surface area contributed by atoms with Gasteiger partial charge in [0.05, 0.1) is 19.6 Å². The van der Waals surface area contributed by atoms with Crippen LogP contribution in [0.4, 0.5) is 5.69 Å². The van der Waals surface area contributed by atoms with Crippen LogP contribution in [0.25, 0.3) is 6.08 Å². The maximum atomic E-state index is 13.1. The molecule has 0 bridgehead atoms. The monoisotopic (exact) mass is 405 g/mol. The number of benzene rings is 2. The number of piperazine rings is 1. The standard InChI is InChI=1S/C24H27N3O3/c1-18(28)27-12-11-19-5-3-4-6-22(19)23(27)17-24(29)26-15-13-25(14-16-26)20-7-9-21(30-2)10-8-20/h3-12,23H,13-17H2,1-2H3/t23-/m1/s1. The van der Waals surface area contributed by atoms with E-state index in [0.29, 0.717) is 19.5 Å². The molecule has 0 unspecified atom stereocenters. The number of hydrogen-bond donors (Lipinski definition) is 0. The maximum absolute atomic E-state index is 13.1. The number of nitrogens with zero attached hydrogens (tertiary/aromatic N) is 3. The summed E-state index contributed by atoms with van der Waals surface area (Å²) in [7, 11) is 1.66. The van der Waals surface area contributed by atoms with Gasteiger partial charge < -0.3 is 19.4 Å². The molecule has 2 heterocycles. The van der Waals surface area contributed by atoms with E-state index in [1.165, 1.54) is 0 Å². The number of methoxy groups -OCH3 is 1. The molecular weight excluding hydrogens is 378 g/mol. The second-order valence-electron chi connectivity index (χ2n) is 7.66. The van der Waals surface area contributed by atoms with Crippen LogP contribution in [0.3, 0.4) is 0 Å². The first-order valence-electron chi connectivity index (χ1n) is 10.3. The van der Waals surface area contributed by atoms with Crippen molar-refractivity contribution in [1.82, 2.24) is 9.80 Å². The molecule has 0 spiro atoms. The van der Waals surface area contributed by atoms with Crippen LogP contribution >= 0.6 is 0 Å². The van der Waals surface area contributed by atoms with Gasteiger partial charge in [-0.1, -0.05) is 24.3 Å². The number of rotatable bonds is 4. The van der Waals surface area contributed by atoms with Crippen molar-refractivity contribution in [1.29, 1.82) is 0 Å². The van der Waals surface area contributed by atoms with Gasteiger partial charge in [0.15, 0.2) is 0 Å². The SMILES string of the molecule is COc1ccc(N2CCN(C(=O)C[C@@H]3c4ccccc4C=CN3C(C)=O)CC2)cc1. The van der Waals surface area contributed by atoms with Gasteiger partial charge in [-0.3, -0.25) is 9.59 Å². The van der Waals surface area contributed by atoms with Gasteiger partial charge in [0.1, 0.15) is 5.75 Å². The minimum absolute atomic E-state index is 0.0529. The third-order valence-electron chi connectivity index (χ3n) is 5.91. The van der Waals surface area contributed by atoms with E-state index in [4.69, 9.17) is 4.74 Å². The fourth-order valence-electron chi connectivity index (χ4n) is 4.21. The highest BCUT2D eigenvalue weighted by atomic mass is 16.5. The maximum Gasteiger partial charge on any atom is 0.225 e. The second-order valence-corrected chi connectivity index (χ2v) is 7.66. The molecule has 0 radical (unpaired) electrons. The van der Waals surface area contributed by atoms with E-state index < -0.39 is 0 Å². The summed E-state index contributed by atoms with van der Waals surface area (Å²) < 4.78 is 5.22. The molecule has 2 aromatic rings. The van der Waals surface area contributed by atoms with Gasteiger partial charge in [-0.15, -0.1) is 0 Å². The lowest BCUT2D eigenvalue weighted by Gasteiger charge is -2.38. The predicted octanol–water partition coefficient (Wildman–Crippen LogP) is 3.31. The van der Waals surface area contributed by atoms with Crippen LogP contribution in [0.1, 0.15) is 30.5 Å². The van der Waals surface area contributed by atoms with Crippen LogP contribution in [0.15, 0.2) is 54.7 Å². The molecule has 156 valence electrons. The summed E-state index contributed by atoms with van der Waals surface area (Å²) in [6, 6.07) is 15.7. The van der Waals surface area contributed by atoms with E-state index >= 15 is 0 Å². The van der Waals surface area contributed by atoms with E-state index in [0.717, 1.165) is 35.7 Å². The Bertz CT molecular complexity index is 946. The van der Waals surface area contributed by atoms with E-state index in [1.54, 1.807) is 25.1 Å². The summed E-state index contributed by atoms with van der Waals surface area (Å²) >= 11 is 0. The molecule has 0 aliphatic carbocycles. The molecule has 6 nitrogen and oxygen atoms in total. The largest absolute Gasteiger partial charge is 0.497 e. The smallest absolute Gasteiger partial charge is 0.225 e. The van der Waals surface area contributed by atoms with Gasteiger partial charge in [0.2, 0.25) is 11.8 Å². The van der Waals surface area contributed by atoms with Gasteiger partial charge in [0, 0.05) is 45.0 Å². The van der Waals surface area contributed by atoms with E-state index in [1.807, 2.05) is 59.5 Å². The quantitative estimate of drug-likeness (QED) is 0.783. The summed E-state index contributed by atoms with van der Waals surface area (Å²) in [5.41, 5.74) is 3.23. The van der Waals surface area contributed by atoms with Crippen LogP contribution in [0.2, 0.25) is 0 Å². The van der Waals surface area contributed by atoms with Crippen molar-refractivity contribution >= 4 is 23.6 Å². The molecule has 1 saturated heterocycles. The zero-order valence-corrected chi connectivity index (χ0v) is 17.5. The fourth-order valence-corrected chi connectivity index (χ4v) is 4.21. The zero-order chi connectivity index (χ0) is 21.1. The first-order valence-corrected chi connectivity index (χ1v) is 10.3. The minimum atomic E-state index is -0.254. The minimum Gasteiger partial charge on any atom is -0.497 e. The molecule has 2 aromatic carbocycles. The number of ether oxygens (including phenoxy) is 1. The average molecular weight is 405 g/mol. The number of amides is 2. The topological polar surface area (TPSA) is 53.1 Å². The zero-order valence-electron chi connectivity index (χ0n) is 17.5. The van der Waals surface area contributed by atoms with E-state index in [9.17, 15) is 9.59 Å². The van der Waals surface area contributed by atoms with Crippen molar-refractivity contribution in [2.75, 3.05) is 38.2 Å². The van der Waals surface area contributed by atoms with Gasteiger partial charge >= 0.3 is 0 Å². The summed E-state index contributed by atoms with van der Waals surface area (Å²) in [6.07, 6.45) is 4.03. The van der Waals surface area contributed by atoms with Gasteiger partial charge in [-0.2, -0.15) is 0 Å². The van der Waals surface area contributed by atoms with Crippen molar-refractivity contribution < 1.29 is 14.3 Å². The number of carbonyl (C=O) groups is 2. The summed E-state index contributed by atoms with van der Waals surface area (Å²) in [4.78, 5) is 31.1. The summed E-state index contributed by atoms with van der Waals surface area (Å²) in [6.45, 7) is 4.47. The van der Waals surface area contributed by atoms with Gasteiger partial charge in [-0.25, -0.2) is 0 Å². The fraction of sp³-hybridized carbons (Fsp3) is 0.333. The molecule has 0 saturated carbocycles. The Balaban J connectivity index is 1.41. The lowest BCUT2D eigenvalue weighted by molar-refractivity contribution is -0.134. The molecule has 0 aromatic heterocycles. The lowest BCUT2D eigenvalue weighted by Crippen LogP contribution is -2.49. The summed E-state index contributed by atoms with van der Waals surface area (Å²) in [5, 5.41) is 0. The number of hydrogen-bond acceptors (Lipinski definition) is 4. The van der Waals surface area contributed by atoms with Gasteiger partial charge in [-0.05, 0) is 41.5 Å². The van der Waals surface area contributed by atoms with E-state index in [2.05, 4.69) is 4.90 Å². The van der Waals surface area contributed by atoms with Crippen molar-refractivity contribution in [3.05, 3.63) is 65.9 Å². The number of fused-ring (bicyclic) bond motifs is 1. The van der Waals surface area contributed by atoms with Crippen LogP contribution in [-0.2, 0) is 9.59 Å². The third-order valence-corrected chi connectivity index (χ3v) is 5.91. The van der Waals surface area contributed by atoms with Crippen molar-refractivity contribution in [3.63, 3.8) is 0 Å². The van der Waals surface area contributed by atoms with Crippen molar-refractivity contribution in [3.8, 4) is 5.75 Å². The summed E-state index contributed by atoms with van der Waals surface area (Å²) in [5.74, 6) is 0.873. The Morgan fingerprint density at radius 2 is 1.70 bits per heavy atom.